The molecule has 7 aromatic rings. The minimum atomic E-state index is -5.55. The highest BCUT2D eigenvalue weighted by molar-refractivity contribution is 7.86. The van der Waals surface area contributed by atoms with Crippen molar-refractivity contribution in [2.24, 2.45) is 0 Å². The van der Waals surface area contributed by atoms with Crippen molar-refractivity contribution in [3.63, 3.8) is 0 Å². The Labute approximate surface area is 265 Å². The van der Waals surface area contributed by atoms with E-state index in [1.54, 1.807) is 0 Å². The van der Waals surface area contributed by atoms with Crippen LogP contribution < -0.4 is 34.0 Å². The summed E-state index contributed by atoms with van der Waals surface area (Å²) in [6.07, 6.45) is 0. The molecule has 0 aliphatic heterocycles. The van der Waals surface area contributed by atoms with Gasteiger partial charge in [-0.25, -0.2) is 16.8 Å². The smallest absolute Gasteiger partial charge is 0.196 e. The molecule has 1 heterocycles. The van der Waals surface area contributed by atoms with Crippen LogP contribution in [0.5, 0.6) is 0 Å². The highest BCUT2D eigenvalue weighted by atomic mass is 35.5. The highest BCUT2D eigenvalue weighted by Crippen LogP contribution is 2.40. The summed E-state index contributed by atoms with van der Waals surface area (Å²) in [5.74, 6) is 0. The first kappa shape index (κ1) is 32.9. The topological polar surface area (TPSA) is 287 Å². The van der Waals surface area contributed by atoms with Gasteiger partial charge in [-0.15, -0.1) is 0 Å². The summed E-state index contributed by atoms with van der Waals surface area (Å²) < 4.78 is 75.1. The van der Waals surface area contributed by atoms with Gasteiger partial charge < -0.3 is 31.4 Å². The fourth-order valence-corrected chi connectivity index (χ4v) is 8.35. The van der Waals surface area contributed by atoms with Crippen molar-refractivity contribution in [1.82, 2.24) is 22.3 Å². The number of aromatic nitrogens is 2. The van der Waals surface area contributed by atoms with Gasteiger partial charge in [0.2, 0.25) is 0 Å². The highest BCUT2D eigenvalue weighted by Gasteiger charge is 2.28. The second-order valence-electron chi connectivity index (χ2n) is 9.85. The number of quaternary nitrogens is 2. The number of benzene rings is 6. The van der Waals surface area contributed by atoms with Crippen LogP contribution in [0, 0.1) is 0 Å². The van der Waals surface area contributed by atoms with Crippen molar-refractivity contribution in [2.45, 2.75) is 9.79 Å². The van der Waals surface area contributed by atoms with E-state index < -0.39 is 105 Å². The maximum absolute atomic E-state index is 13.8. The van der Waals surface area contributed by atoms with E-state index in [2.05, 4.69) is 9.97 Å². The average Bonchev–Trinajstić information content (AvgIpc) is 2.96. The van der Waals surface area contributed by atoms with Crippen molar-refractivity contribution in [3.05, 3.63) is 99.5 Å². The third-order valence-corrected chi connectivity index (χ3v) is 10.3. The van der Waals surface area contributed by atoms with Gasteiger partial charge in [-0.2, -0.15) is 0 Å². The molecule has 14 nitrogen and oxygen atoms in total. The quantitative estimate of drug-likeness (QED) is 0.114. The van der Waals surface area contributed by atoms with Gasteiger partial charge in [-0.1, -0.05) is 71.7 Å². The molecule has 1 aromatic heterocycles. The summed E-state index contributed by atoms with van der Waals surface area (Å²) in [5, 5.41) is -5.29. The molecule has 0 aliphatic carbocycles. The second kappa shape index (κ2) is 10.5. The van der Waals surface area contributed by atoms with E-state index in [-0.39, 0.29) is 33.8 Å². The first-order valence-electron chi connectivity index (χ1n) is 12.3. The molecule has 7 rings (SSSR count). The van der Waals surface area contributed by atoms with Crippen LogP contribution in [-0.2, 0) is 20.2 Å². The van der Waals surface area contributed by atoms with E-state index in [9.17, 15) is 45.1 Å². The van der Waals surface area contributed by atoms with Crippen LogP contribution in [0.15, 0.2) is 77.5 Å². The molecule has 0 unspecified atom stereocenters. The first-order chi connectivity index (χ1) is 20.6. The van der Waals surface area contributed by atoms with Gasteiger partial charge in [0.15, 0.2) is 21.7 Å². The third-order valence-electron chi connectivity index (χ3n) is 7.53. The Morgan fingerprint density at radius 3 is 1.00 bits per heavy atom. The lowest BCUT2D eigenvalue weighted by Gasteiger charge is -2.19. The predicted molar refractivity (Wildman–Crippen MR) is 174 cm³/mol. The molecule has 6 aromatic carbocycles. The average molecular weight is 706 g/mol. The Hall–Kier alpha value is -4.52. The summed E-state index contributed by atoms with van der Waals surface area (Å²) in [6, 6.07) is 10.8. The van der Waals surface area contributed by atoms with Crippen LogP contribution >= 0.6 is 23.2 Å². The van der Waals surface area contributed by atoms with Crippen molar-refractivity contribution in [3.8, 4) is 0 Å². The maximum atomic E-state index is 13.8. The normalized spacial score (nSPS) is 12.3. The molecular weight excluding hydrogens is 687 g/mol. The Kier molecular flexibility index (Phi) is 7.51. The number of hydrogen-bond acceptors (Lipinski definition) is 10. The summed E-state index contributed by atoms with van der Waals surface area (Å²) >= 11 is 12.9. The molecule has 0 spiro atoms. The van der Waals surface area contributed by atoms with E-state index in [0.717, 1.165) is 0 Å². The Morgan fingerprint density at radius 1 is 0.478 bits per heavy atom. The summed E-state index contributed by atoms with van der Waals surface area (Å²) in [5.41, 5.74) is -5.58. The number of H-pyrrole nitrogens is 2. The van der Waals surface area contributed by atoms with E-state index in [1.807, 2.05) is 0 Å². The van der Waals surface area contributed by atoms with Gasteiger partial charge in [0.05, 0.1) is 63.4 Å². The lowest BCUT2D eigenvalue weighted by atomic mass is 9.99. The SMILES string of the molecule is O=c1c2ccccc2c(=O)c2c1c(S(=O)(=O)[O-])c(Cl)c1[nH]c3c([nH]c12)c(Cl)c(S(=O)(=O)[O-])c1c(=O)c2ccccc2c(=O)c13.[NH4+].[NH4+]. The molecule has 10 N–H and O–H groups in total. The van der Waals surface area contributed by atoms with Crippen molar-refractivity contribution in [1.29, 1.82) is 0 Å². The number of nitrogens with one attached hydrogen (secondary N) is 2. The molecule has 0 radical (unpaired) electrons. The van der Waals surface area contributed by atoms with Gasteiger partial charge in [-0.05, 0) is 0 Å². The molecule has 0 amide bonds. The van der Waals surface area contributed by atoms with E-state index in [1.165, 1.54) is 48.5 Å². The van der Waals surface area contributed by atoms with Crippen molar-refractivity contribution >= 4 is 109 Å². The number of rotatable bonds is 2. The zero-order valence-electron chi connectivity index (χ0n) is 23.3. The molecule has 0 aliphatic rings. The van der Waals surface area contributed by atoms with Crippen molar-refractivity contribution < 1.29 is 25.9 Å². The Balaban J connectivity index is 0.00000208. The van der Waals surface area contributed by atoms with E-state index >= 15 is 0 Å². The number of aromatic amines is 2. The number of hydrogen-bond donors (Lipinski definition) is 4. The lowest BCUT2D eigenvalue weighted by molar-refractivity contribution is 0.462. The molecule has 236 valence electrons. The van der Waals surface area contributed by atoms with E-state index in [4.69, 9.17) is 23.2 Å². The third kappa shape index (κ3) is 4.24. The number of halogens is 2. The maximum Gasteiger partial charge on any atom is 0.196 e. The molecule has 0 fully saturated rings. The van der Waals surface area contributed by atoms with Crippen molar-refractivity contribution in [2.75, 3.05) is 0 Å². The zero-order valence-corrected chi connectivity index (χ0v) is 26.4. The largest absolute Gasteiger partial charge is 0.744 e. The summed E-state index contributed by atoms with van der Waals surface area (Å²) in [7, 11) is -11.1. The fraction of sp³-hybridized carbons (Fsp3) is 0. The van der Waals surface area contributed by atoms with Crippen LogP contribution in [0.4, 0.5) is 0 Å². The first-order valence-corrected chi connectivity index (χ1v) is 15.8. The van der Waals surface area contributed by atoms with Gasteiger partial charge >= 0.3 is 0 Å². The molecule has 0 bridgehead atoms. The Morgan fingerprint density at radius 2 is 0.739 bits per heavy atom. The van der Waals surface area contributed by atoms with Crippen LogP contribution in [0.3, 0.4) is 0 Å². The summed E-state index contributed by atoms with van der Waals surface area (Å²) in [6.45, 7) is 0. The zero-order chi connectivity index (χ0) is 31.6. The monoisotopic (exact) mass is 704 g/mol. The molecular formula is C28H18Cl2N4O10S2. The van der Waals surface area contributed by atoms with Crippen LogP contribution in [0.2, 0.25) is 10.0 Å². The minimum Gasteiger partial charge on any atom is -0.744 e. The number of fused-ring (bicyclic) bond motifs is 8. The Bertz CT molecular complexity index is 2800. The molecule has 0 saturated carbocycles. The molecule has 0 saturated heterocycles. The van der Waals surface area contributed by atoms with Gasteiger partial charge in [0.25, 0.3) is 0 Å². The molecule has 0 atom stereocenters. The van der Waals surface area contributed by atoms with Gasteiger partial charge in [-0.3, -0.25) is 19.2 Å². The standard InChI is InChI=1S/C28H12Cl2N2O10S2.2H3N/c29-17-21-19(13-15(27(17)43(37,38)39)25(35)11-7-3-1-5-9(11)23(13)33)31-22-18(30)28(44(40,41)42)16-14(20(22)32-21)24(34)10-6-2-4-8-12(10)26(16)36;;/h1-8,31-32H,(H,37,38,39)(H,40,41,42);2*1H3. The summed E-state index contributed by atoms with van der Waals surface area (Å²) in [4.78, 5) is 57.5. The molecule has 18 heteroatoms. The van der Waals surface area contributed by atoms with Gasteiger partial charge in [0, 0.05) is 21.5 Å². The molecule has 46 heavy (non-hydrogen) atoms. The predicted octanol–water partition coefficient (Wildman–Crippen LogP) is 4.01. The van der Waals surface area contributed by atoms with Crippen LogP contribution in [-0.4, -0.2) is 35.9 Å². The van der Waals surface area contributed by atoms with E-state index in [0.29, 0.717) is 0 Å². The van der Waals surface area contributed by atoms with Crippen LogP contribution in [0.25, 0.3) is 65.2 Å². The van der Waals surface area contributed by atoms with Gasteiger partial charge in [0.1, 0.15) is 20.2 Å². The lowest BCUT2D eigenvalue weighted by Crippen LogP contribution is -2.19. The second-order valence-corrected chi connectivity index (χ2v) is 13.2. The fourth-order valence-electron chi connectivity index (χ4n) is 5.78. The van der Waals surface area contributed by atoms with Crippen LogP contribution in [0.1, 0.15) is 0 Å². The minimum absolute atomic E-state index is 0.